The van der Waals surface area contributed by atoms with Crippen LogP contribution < -0.4 is 33.2 Å². The van der Waals surface area contributed by atoms with Gasteiger partial charge in [-0.15, -0.1) is 0 Å². The van der Waals surface area contributed by atoms with Crippen LogP contribution in [0.5, 0.6) is 46.0 Å². The molecule has 4 aromatic rings. The van der Waals surface area contributed by atoms with Gasteiger partial charge in [0.1, 0.15) is 17.2 Å². The Kier molecular flexibility index (Phi) is 10.2. The zero-order chi connectivity index (χ0) is 29.2. The highest BCUT2D eigenvalue weighted by molar-refractivity contribution is 5.59. The molecular formula is C34H38O7. The monoisotopic (exact) mass is 558 g/mol. The van der Waals surface area contributed by atoms with E-state index in [2.05, 4.69) is 12.1 Å². The molecule has 0 N–H and O–H groups in total. The summed E-state index contributed by atoms with van der Waals surface area (Å²) in [5, 5.41) is 0. The second-order valence-corrected chi connectivity index (χ2v) is 9.45. The van der Waals surface area contributed by atoms with Crippen molar-refractivity contribution < 1.29 is 33.2 Å². The normalized spacial score (nSPS) is 10.6. The molecule has 0 aliphatic rings. The van der Waals surface area contributed by atoms with Gasteiger partial charge in [-0.05, 0) is 90.4 Å². The van der Waals surface area contributed by atoms with Crippen LogP contribution in [0.4, 0.5) is 0 Å². The fraction of sp³-hybridized carbons (Fsp3) is 0.294. The summed E-state index contributed by atoms with van der Waals surface area (Å²) in [4.78, 5) is 0. The van der Waals surface area contributed by atoms with Crippen LogP contribution in [0.25, 0.3) is 0 Å². The van der Waals surface area contributed by atoms with E-state index in [9.17, 15) is 0 Å². The van der Waals surface area contributed by atoms with Crippen molar-refractivity contribution in [3.05, 3.63) is 95.1 Å². The predicted octanol–water partition coefficient (Wildman–Crippen LogP) is 7.10. The Morgan fingerprint density at radius 3 is 1.44 bits per heavy atom. The molecule has 0 saturated carbocycles. The molecule has 216 valence electrons. The van der Waals surface area contributed by atoms with Gasteiger partial charge in [-0.1, -0.05) is 24.3 Å². The van der Waals surface area contributed by atoms with E-state index in [4.69, 9.17) is 33.2 Å². The van der Waals surface area contributed by atoms with Gasteiger partial charge in [0.05, 0.1) is 42.7 Å². The number of aryl methyl sites for hydroxylation is 4. The minimum absolute atomic E-state index is 0.474. The summed E-state index contributed by atoms with van der Waals surface area (Å²) < 4.78 is 40.1. The number of methoxy groups -OCH3 is 6. The zero-order valence-corrected chi connectivity index (χ0v) is 24.6. The maximum Gasteiger partial charge on any atom is 0.211 e. The van der Waals surface area contributed by atoms with Crippen LogP contribution in [0.3, 0.4) is 0 Å². The number of benzene rings is 4. The van der Waals surface area contributed by atoms with Gasteiger partial charge >= 0.3 is 0 Å². The molecule has 0 heterocycles. The van der Waals surface area contributed by atoms with Gasteiger partial charge in [-0.3, -0.25) is 0 Å². The fourth-order valence-corrected chi connectivity index (χ4v) is 4.72. The van der Waals surface area contributed by atoms with E-state index in [1.54, 1.807) is 42.7 Å². The molecule has 7 nitrogen and oxygen atoms in total. The standard InChI is InChI=1S/C34H38O7/c1-35-27-11-7-9-23(17-27)13-14-25-19-32(39-5)34(33(20-25)40-6)41-31-21-26(29(37-3)22-30(31)38-4)16-15-24-10-8-12-28(18-24)36-2/h7-12,17-22H,13-16H2,1-6H3. The van der Waals surface area contributed by atoms with E-state index in [0.717, 1.165) is 59.6 Å². The lowest BCUT2D eigenvalue weighted by molar-refractivity contribution is 0.330. The molecule has 0 aromatic heterocycles. The zero-order valence-electron chi connectivity index (χ0n) is 24.6. The minimum atomic E-state index is 0.474. The van der Waals surface area contributed by atoms with Crippen molar-refractivity contribution >= 4 is 0 Å². The average molecular weight is 559 g/mol. The first kappa shape index (κ1) is 29.5. The molecule has 0 fully saturated rings. The van der Waals surface area contributed by atoms with Gasteiger partial charge in [-0.25, -0.2) is 0 Å². The average Bonchev–Trinajstić information content (AvgIpc) is 3.03. The first-order chi connectivity index (χ1) is 20.0. The maximum absolute atomic E-state index is 6.45. The third kappa shape index (κ3) is 7.37. The molecule has 0 amide bonds. The Bertz CT molecular complexity index is 1420. The molecule has 7 heteroatoms. The van der Waals surface area contributed by atoms with Crippen LogP contribution >= 0.6 is 0 Å². The quantitative estimate of drug-likeness (QED) is 0.164. The van der Waals surface area contributed by atoms with Crippen molar-refractivity contribution in [2.24, 2.45) is 0 Å². The highest BCUT2D eigenvalue weighted by Crippen LogP contribution is 2.45. The molecule has 0 bridgehead atoms. The van der Waals surface area contributed by atoms with Crippen molar-refractivity contribution in [2.75, 3.05) is 42.7 Å². The Hall–Kier alpha value is -4.52. The van der Waals surface area contributed by atoms with Gasteiger partial charge in [0, 0.05) is 6.07 Å². The number of rotatable bonds is 14. The van der Waals surface area contributed by atoms with Crippen molar-refractivity contribution in [2.45, 2.75) is 25.7 Å². The lowest BCUT2D eigenvalue weighted by atomic mass is 10.0. The molecule has 0 spiro atoms. The van der Waals surface area contributed by atoms with Crippen molar-refractivity contribution in [1.29, 1.82) is 0 Å². The second kappa shape index (κ2) is 14.2. The summed E-state index contributed by atoms with van der Waals surface area (Å²) in [7, 11) is 9.85. The first-order valence-electron chi connectivity index (χ1n) is 13.4. The summed E-state index contributed by atoms with van der Waals surface area (Å²) in [6, 6.07) is 23.9. The number of ether oxygens (including phenoxy) is 7. The van der Waals surface area contributed by atoms with Gasteiger partial charge in [0.2, 0.25) is 5.75 Å². The molecule has 0 atom stereocenters. The number of hydrogen-bond acceptors (Lipinski definition) is 7. The Balaban J connectivity index is 1.60. The third-order valence-electron chi connectivity index (χ3n) is 6.95. The van der Waals surface area contributed by atoms with Gasteiger partial charge < -0.3 is 33.2 Å². The molecule has 0 aliphatic carbocycles. The molecular weight excluding hydrogens is 520 g/mol. The van der Waals surface area contributed by atoms with E-state index in [-0.39, 0.29) is 0 Å². The van der Waals surface area contributed by atoms with Gasteiger partial charge in [0.15, 0.2) is 23.0 Å². The Morgan fingerprint density at radius 2 is 0.927 bits per heavy atom. The Labute approximate surface area is 242 Å². The van der Waals surface area contributed by atoms with Crippen molar-refractivity contribution in [1.82, 2.24) is 0 Å². The highest BCUT2D eigenvalue weighted by Gasteiger charge is 2.20. The topological polar surface area (TPSA) is 64.6 Å². The van der Waals surface area contributed by atoms with Gasteiger partial charge in [-0.2, -0.15) is 0 Å². The largest absolute Gasteiger partial charge is 0.497 e. The third-order valence-corrected chi connectivity index (χ3v) is 6.95. The maximum atomic E-state index is 6.45. The lowest BCUT2D eigenvalue weighted by Crippen LogP contribution is -2.01. The summed E-state index contributed by atoms with van der Waals surface area (Å²) in [6.07, 6.45) is 3.16. The van der Waals surface area contributed by atoms with Crippen LogP contribution in [0.2, 0.25) is 0 Å². The van der Waals surface area contributed by atoms with E-state index in [0.29, 0.717) is 28.7 Å². The van der Waals surface area contributed by atoms with Crippen LogP contribution in [-0.4, -0.2) is 42.7 Å². The van der Waals surface area contributed by atoms with Crippen molar-refractivity contribution in [3.8, 4) is 46.0 Å². The van der Waals surface area contributed by atoms with Crippen LogP contribution in [0.1, 0.15) is 22.3 Å². The molecule has 41 heavy (non-hydrogen) atoms. The molecule has 0 aliphatic heterocycles. The Morgan fingerprint density at radius 1 is 0.415 bits per heavy atom. The second-order valence-electron chi connectivity index (χ2n) is 9.45. The smallest absolute Gasteiger partial charge is 0.211 e. The van der Waals surface area contributed by atoms with Crippen LogP contribution in [0.15, 0.2) is 72.8 Å². The fourth-order valence-electron chi connectivity index (χ4n) is 4.72. The molecule has 0 unspecified atom stereocenters. The van der Waals surface area contributed by atoms with E-state index >= 15 is 0 Å². The molecule has 4 aromatic carbocycles. The number of hydrogen-bond donors (Lipinski definition) is 0. The van der Waals surface area contributed by atoms with E-state index < -0.39 is 0 Å². The summed E-state index contributed by atoms with van der Waals surface area (Å²) in [5.74, 6) is 5.10. The lowest BCUT2D eigenvalue weighted by Gasteiger charge is -2.19. The van der Waals surface area contributed by atoms with Crippen molar-refractivity contribution in [3.63, 3.8) is 0 Å². The first-order valence-corrected chi connectivity index (χ1v) is 13.4. The molecule has 4 rings (SSSR count). The SMILES string of the molecule is COc1cccc(CCc2cc(OC)c(Oc3cc(CCc4cccc(OC)c4)c(OC)cc3OC)c(OC)c2)c1. The predicted molar refractivity (Wildman–Crippen MR) is 160 cm³/mol. The molecule has 0 radical (unpaired) electrons. The summed E-state index contributed by atoms with van der Waals surface area (Å²) in [5.41, 5.74) is 4.40. The summed E-state index contributed by atoms with van der Waals surface area (Å²) >= 11 is 0. The van der Waals surface area contributed by atoms with Gasteiger partial charge in [0.25, 0.3) is 0 Å². The van der Waals surface area contributed by atoms with E-state index in [1.807, 2.05) is 60.7 Å². The van der Waals surface area contributed by atoms with E-state index in [1.165, 1.54) is 5.56 Å². The van der Waals surface area contributed by atoms with Crippen LogP contribution in [-0.2, 0) is 25.7 Å². The molecule has 0 saturated heterocycles. The van der Waals surface area contributed by atoms with Crippen LogP contribution in [0, 0.1) is 0 Å². The highest BCUT2D eigenvalue weighted by atomic mass is 16.6. The summed E-state index contributed by atoms with van der Waals surface area (Å²) in [6.45, 7) is 0. The minimum Gasteiger partial charge on any atom is -0.497 e.